The predicted molar refractivity (Wildman–Crippen MR) is 75.1 cm³/mol. The van der Waals surface area contributed by atoms with Crippen LogP contribution in [0.5, 0.6) is 0 Å². The van der Waals surface area contributed by atoms with Gasteiger partial charge in [-0.15, -0.1) is 11.3 Å². The van der Waals surface area contributed by atoms with Crippen LogP contribution in [-0.2, 0) is 14.8 Å². The van der Waals surface area contributed by atoms with E-state index < -0.39 is 16.0 Å². The summed E-state index contributed by atoms with van der Waals surface area (Å²) < 4.78 is 31.3. The second kappa shape index (κ2) is 5.50. The molecule has 1 aliphatic carbocycles. The average Bonchev–Trinajstić information content (AvgIpc) is 3.00. The van der Waals surface area contributed by atoms with Crippen molar-refractivity contribution in [1.29, 1.82) is 0 Å². The largest absolute Gasteiger partial charge is 0.462 e. The Morgan fingerprint density at radius 3 is 2.79 bits per heavy atom. The van der Waals surface area contributed by atoms with Gasteiger partial charge in [0.15, 0.2) is 0 Å². The first-order valence-corrected chi connectivity index (χ1v) is 8.66. The minimum atomic E-state index is -3.38. The van der Waals surface area contributed by atoms with Crippen LogP contribution in [0.4, 0.5) is 5.00 Å². The van der Waals surface area contributed by atoms with Crippen molar-refractivity contribution < 1.29 is 17.9 Å². The molecule has 0 saturated heterocycles. The van der Waals surface area contributed by atoms with E-state index in [4.69, 9.17) is 4.74 Å². The molecule has 1 heterocycles. The Morgan fingerprint density at radius 2 is 2.21 bits per heavy atom. The predicted octanol–water partition coefficient (Wildman–Crippen LogP) is 2.38. The third-order valence-corrected chi connectivity index (χ3v) is 5.27. The monoisotopic (exact) mass is 303 g/mol. The molecule has 106 valence electrons. The molecule has 1 saturated carbocycles. The zero-order chi connectivity index (χ0) is 14.0. The first-order valence-electron chi connectivity index (χ1n) is 6.19. The summed E-state index contributed by atoms with van der Waals surface area (Å²) in [5, 5.41) is 0.358. The van der Waals surface area contributed by atoms with Crippen LogP contribution in [0.3, 0.4) is 0 Å². The molecular weight excluding hydrogens is 286 g/mol. The molecule has 1 aromatic rings. The summed E-state index contributed by atoms with van der Waals surface area (Å²) in [6, 6.07) is 1.65. The summed E-state index contributed by atoms with van der Waals surface area (Å²) in [6.07, 6.45) is 1.93. The fourth-order valence-corrected chi connectivity index (χ4v) is 4.46. The van der Waals surface area contributed by atoms with Crippen molar-refractivity contribution in [3.8, 4) is 0 Å². The Balaban J connectivity index is 2.17. The summed E-state index contributed by atoms with van der Waals surface area (Å²) in [7, 11) is -3.38. The minimum Gasteiger partial charge on any atom is -0.462 e. The lowest BCUT2D eigenvalue weighted by Gasteiger charge is -2.07. The summed E-state index contributed by atoms with van der Waals surface area (Å²) >= 11 is 1.25. The molecular formula is C12H17NO4S2. The first-order chi connectivity index (χ1) is 8.91. The lowest BCUT2D eigenvalue weighted by Crippen LogP contribution is -2.19. The van der Waals surface area contributed by atoms with Crippen molar-refractivity contribution >= 4 is 32.3 Å². The van der Waals surface area contributed by atoms with Crippen LogP contribution in [0.15, 0.2) is 6.07 Å². The fraction of sp³-hybridized carbons (Fsp3) is 0.583. The molecule has 19 heavy (non-hydrogen) atoms. The van der Waals surface area contributed by atoms with E-state index in [-0.39, 0.29) is 18.3 Å². The summed E-state index contributed by atoms with van der Waals surface area (Å²) in [5.41, 5.74) is 0.295. The molecule has 0 radical (unpaired) electrons. The van der Waals surface area contributed by atoms with E-state index in [0.29, 0.717) is 10.6 Å². The molecule has 0 aromatic carbocycles. The quantitative estimate of drug-likeness (QED) is 0.819. The van der Waals surface area contributed by atoms with E-state index >= 15 is 0 Å². The van der Waals surface area contributed by atoms with Crippen LogP contribution in [0.1, 0.15) is 35.0 Å². The molecule has 0 bridgehead atoms. The maximum Gasteiger partial charge on any atom is 0.341 e. The molecule has 0 amide bonds. The van der Waals surface area contributed by atoms with Crippen LogP contribution >= 0.6 is 11.3 Å². The zero-order valence-electron chi connectivity index (χ0n) is 10.9. The van der Waals surface area contributed by atoms with E-state index in [2.05, 4.69) is 4.72 Å². The van der Waals surface area contributed by atoms with Gasteiger partial charge < -0.3 is 4.74 Å². The highest BCUT2D eigenvalue weighted by Gasteiger charge is 2.29. The van der Waals surface area contributed by atoms with Gasteiger partial charge >= 0.3 is 5.97 Å². The van der Waals surface area contributed by atoms with E-state index in [1.807, 2.05) is 6.92 Å². The number of carbonyl (C=O) groups excluding carboxylic acids is 1. The van der Waals surface area contributed by atoms with Crippen LogP contribution in [-0.4, -0.2) is 26.7 Å². The lowest BCUT2D eigenvalue weighted by atomic mass is 10.3. The minimum absolute atomic E-state index is 0.131. The van der Waals surface area contributed by atoms with Gasteiger partial charge in [-0.05, 0) is 38.7 Å². The lowest BCUT2D eigenvalue weighted by molar-refractivity contribution is 0.0528. The Bertz CT molecular complexity index is 573. The SMILES string of the molecule is CCOC(=O)c1cc(C)sc1NS(=O)(=O)CC1CC1. The molecule has 1 N–H and O–H groups in total. The van der Waals surface area contributed by atoms with Gasteiger partial charge in [-0.1, -0.05) is 0 Å². The number of ether oxygens (including phenoxy) is 1. The normalized spacial score (nSPS) is 15.3. The second-order valence-corrected chi connectivity index (χ2v) is 7.67. The van der Waals surface area contributed by atoms with E-state index in [1.54, 1.807) is 13.0 Å². The average molecular weight is 303 g/mol. The number of thiophene rings is 1. The number of nitrogens with one attached hydrogen (secondary N) is 1. The molecule has 2 rings (SSSR count). The Morgan fingerprint density at radius 1 is 1.53 bits per heavy atom. The van der Waals surface area contributed by atoms with Crippen molar-refractivity contribution in [3.63, 3.8) is 0 Å². The second-order valence-electron chi connectivity index (χ2n) is 4.65. The van der Waals surface area contributed by atoms with Gasteiger partial charge in [0.1, 0.15) is 5.00 Å². The van der Waals surface area contributed by atoms with Gasteiger partial charge in [-0.3, -0.25) is 4.72 Å². The molecule has 0 aliphatic heterocycles. The first kappa shape index (κ1) is 14.3. The summed E-state index contributed by atoms with van der Waals surface area (Å²) in [5.74, 6) is -0.0905. The Labute approximate surface area is 117 Å². The van der Waals surface area contributed by atoms with Crippen molar-refractivity contribution in [2.45, 2.75) is 26.7 Å². The summed E-state index contributed by atoms with van der Waals surface area (Å²) in [4.78, 5) is 12.6. The van der Waals surface area contributed by atoms with E-state index in [0.717, 1.165) is 17.7 Å². The number of rotatable bonds is 6. The van der Waals surface area contributed by atoms with Crippen LogP contribution in [0.2, 0.25) is 0 Å². The van der Waals surface area contributed by atoms with Gasteiger partial charge in [0.05, 0.1) is 17.9 Å². The third-order valence-electron chi connectivity index (χ3n) is 2.75. The molecule has 1 aromatic heterocycles. The molecule has 0 unspecified atom stereocenters. The highest BCUT2D eigenvalue weighted by Crippen LogP contribution is 2.33. The van der Waals surface area contributed by atoms with E-state index in [1.165, 1.54) is 11.3 Å². The molecule has 5 nitrogen and oxygen atoms in total. The highest BCUT2D eigenvalue weighted by atomic mass is 32.2. The highest BCUT2D eigenvalue weighted by molar-refractivity contribution is 7.92. The third kappa shape index (κ3) is 3.94. The van der Waals surface area contributed by atoms with Gasteiger partial charge in [0.2, 0.25) is 10.0 Å². The van der Waals surface area contributed by atoms with Crippen LogP contribution in [0, 0.1) is 12.8 Å². The maximum absolute atomic E-state index is 11.9. The fourth-order valence-electron chi connectivity index (χ4n) is 1.73. The van der Waals surface area contributed by atoms with Crippen molar-refractivity contribution in [2.24, 2.45) is 5.92 Å². The number of hydrogen-bond acceptors (Lipinski definition) is 5. The van der Waals surface area contributed by atoms with Crippen molar-refractivity contribution in [1.82, 2.24) is 0 Å². The maximum atomic E-state index is 11.9. The number of anilines is 1. The molecule has 7 heteroatoms. The van der Waals surface area contributed by atoms with Crippen molar-refractivity contribution in [3.05, 3.63) is 16.5 Å². The summed E-state index contributed by atoms with van der Waals surface area (Å²) in [6.45, 7) is 3.81. The molecule has 1 aliphatic rings. The number of esters is 1. The van der Waals surface area contributed by atoms with Crippen LogP contribution in [0.25, 0.3) is 0 Å². The van der Waals surface area contributed by atoms with E-state index in [9.17, 15) is 13.2 Å². The van der Waals surface area contributed by atoms with Gasteiger partial charge in [-0.25, -0.2) is 13.2 Å². The zero-order valence-corrected chi connectivity index (χ0v) is 12.6. The number of sulfonamides is 1. The smallest absolute Gasteiger partial charge is 0.341 e. The molecule has 0 atom stereocenters. The van der Waals surface area contributed by atoms with Crippen LogP contribution < -0.4 is 4.72 Å². The standard InChI is InChI=1S/C12H17NO4S2/c1-3-17-12(14)10-6-8(2)18-11(10)13-19(15,16)7-9-4-5-9/h6,9,13H,3-5,7H2,1-2H3. The number of carbonyl (C=O) groups is 1. The molecule has 0 spiro atoms. The van der Waals surface area contributed by atoms with Gasteiger partial charge in [0, 0.05) is 4.88 Å². The van der Waals surface area contributed by atoms with Crippen molar-refractivity contribution in [2.75, 3.05) is 17.1 Å². The van der Waals surface area contributed by atoms with Gasteiger partial charge in [-0.2, -0.15) is 0 Å². The molecule has 1 fully saturated rings. The number of hydrogen-bond donors (Lipinski definition) is 1. The van der Waals surface area contributed by atoms with Gasteiger partial charge in [0.25, 0.3) is 0 Å². The number of aryl methyl sites for hydroxylation is 1. The topological polar surface area (TPSA) is 72.5 Å². The Kier molecular flexibility index (Phi) is 4.15. The Hall–Kier alpha value is -1.08.